The first kappa shape index (κ1) is 13.2. The molecule has 0 N–H and O–H groups in total. The second-order valence-corrected chi connectivity index (χ2v) is 5.59. The minimum Gasteiger partial charge on any atom is -0.497 e. The molecular weight excluding hydrogens is 316 g/mol. The monoisotopic (exact) mass is 330 g/mol. The third-order valence-electron chi connectivity index (χ3n) is 3.50. The summed E-state index contributed by atoms with van der Waals surface area (Å²) in [5.74, 6) is 0.859. The SMILES string of the molecule is COc1ccc(-c2c(C)nc3ccc(Br)c(C)n23)cc1. The highest BCUT2D eigenvalue weighted by atomic mass is 79.9. The number of pyridine rings is 1. The highest BCUT2D eigenvalue weighted by Gasteiger charge is 2.13. The molecule has 4 heteroatoms. The molecule has 0 saturated heterocycles. The van der Waals surface area contributed by atoms with Crippen molar-refractivity contribution in [2.45, 2.75) is 13.8 Å². The normalized spacial score (nSPS) is 11.0. The summed E-state index contributed by atoms with van der Waals surface area (Å²) in [5.41, 5.74) is 5.40. The number of hydrogen-bond acceptors (Lipinski definition) is 2. The average molecular weight is 331 g/mol. The van der Waals surface area contributed by atoms with Gasteiger partial charge in [-0.05, 0) is 66.2 Å². The molecule has 0 radical (unpaired) electrons. The van der Waals surface area contributed by atoms with E-state index in [0.717, 1.165) is 38.5 Å². The molecule has 0 aliphatic rings. The van der Waals surface area contributed by atoms with Crippen LogP contribution in [0.4, 0.5) is 0 Å². The molecule has 0 saturated carbocycles. The van der Waals surface area contributed by atoms with Gasteiger partial charge in [0.2, 0.25) is 0 Å². The van der Waals surface area contributed by atoms with Gasteiger partial charge in [-0.1, -0.05) is 0 Å². The van der Waals surface area contributed by atoms with Crippen molar-refractivity contribution in [1.29, 1.82) is 0 Å². The zero-order chi connectivity index (χ0) is 14.3. The van der Waals surface area contributed by atoms with Crippen LogP contribution in [0.15, 0.2) is 40.9 Å². The molecule has 3 nitrogen and oxygen atoms in total. The fourth-order valence-corrected chi connectivity index (χ4v) is 2.77. The number of ether oxygens (including phenoxy) is 1. The zero-order valence-corrected chi connectivity index (χ0v) is 13.2. The minimum absolute atomic E-state index is 0.859. The van der Waals surface area contributed by atoms with E-state index in [-0.39, 0.29) is 0 Å². The van der Waals surface area contributed by atoms with Gasteiger partial charge in [0.25, 0.3) is 0 Å². The second kappa shape index (κ2) is 4.94. The quantitative estimate of drug-likeness (QED) is 0.696. The van der Waals surface area contributed by atoms with Crippen molar-refractivity contribution in [3.63, 3.8) is 0 Å². The van der Waals surface area contributed by atoms with Crippen molar-refractivity contribution >= 4 is 21.6 Å². The van der Waals surface area contributed by atoms with Crippen molar-refractivity contribution in [1.82, 2.24) is 9.38 Å². The first-order valence-corrected chi connectivity index (χ1v) is 7.19. The lowest BCUT2D eigenvalue weighted by atomic mass is 10.1. The molecule has 0 spiro atoms. The molecule has 102 valence electrons. The average Bonchev–Trinajstić information content (AvgIpc) is 2.80. The number of aromatic nitrogens is 2. The predicted molar refractivity (Wildman–Crippen MR) is 84.4 cm³/mol. The number of imidazole rings is 1. The van der Waals surface area contributed by atoms with Crippen LogP contribution >= 0.6 is 15.9 Å². The number of nitrogens with zero attached hydrogens (tertiary/aromatic N) is 2. The second-order valence-electron chi connectivity index (χ2n) is 4.73. The van der Waals surface area contributed by atoms with Crippen LogP contribution in [0.3, 0.4) is 0 Å². The Balaban J connectivity index is 2.29. The molecule has 20 heavy (non-hydrogen) atoms. The Morgan fingerprint density at radius 1 is 1.05 bits per heavy atom. The Labute approximate surface area is 126 Å². The summed E-state index contributed by atoms with van der Waals surface area (Å²) in [6.07, 6.45) is 0. The van der Waals surface area contributed by atoms with Gasteiger partial charge in [-0.15, -0.1) is 0 Å². The molecule has 0 aliphatic heterocycles. The van der Waals surface area contributed by atoms with Crippen molar-refractivity contribution < 1.29 is 4.74 Å². The minimum atomic E-state index is 0.859. The van der Waals surface area contributed by atoms with Crippen molar-refractivity contribution in [2.24, 2.45) is 0 Å². The van der Waals surface area contributed by atoms with Gasteiger partial charge in [-0.2, -0.15) is 0 Å². The lowest BCUT2D eigenvalue weighted by Crippen LogP contribution is -1.95. The number of benzene rings is 1. The largest absolute Gasteiger partial charge is 0.497 e. The molecule has 0 aliphatic carbocycles. The topological polar surface area (TPSA) is 26.5 Å². The van der Waals surface area contributed by atoms with Crippen LogP contribution in [0.1, 0.15) is 11.4 Å². The molecule has 0 bridgehead atoms. The molecule has 0 unspecified atom stereocenters. The van der Waals surface area contributed by atoms with Crippen LogP contribution in [0.25, 0.3) is 16.9 Å². The molecule has 0 amide bonds. The number of methoxy groups -OCH3 is 1. The summed E-state index contributed by atoms with van der Waals surface area (Å²) >= 11 is 3.59. The van der Waals surface area contributed by atoms with Crippen LogP contribution in [0.2, 0.25) is 0 Å². The molecule has 3 aromatic rings. The molecular formula is C16H15BrN2O. The first-order chi connectivity index (χ1) is 9.61. The third kappa shape index (κ3) is 2.00. The highest BCUT2D eigenvalue weighted by Crippen LogP contribution is 2.29. The Kier molecular flexibility index (Phi) is 3.26. The van der Waals surface area contributed by atoms with Gasteiger partial charge in [0.15, 0.2) is 0 Å². The Morgan fingerprint density at radius 3 is 2.40 bits per heavy atom. The maximum absolute atomic E-state index is 5.22. The van der Waals surface area contributed by atoms with Gasteiger partial charge in [0.1, 0.15) is 11.4 Å². The molecule has 0 fully saturated rings. The van der Waals surface area contributed by atoms with Crippen LogP contribution in [-0.2, 0) is 0 Å². The van der Waals surface area contributed by atoms with E-state index < -0.39 is 0 Å². The number of halogens is 1. The fourth-order valence-electron chi connectivity index (χ4n) is 2.46. The smallest absolute Gasteiger partial charge is 0.137 e. The van der Waals surface area contributed by atoms with E-state index in [4.69, 9.17) is 4.74 Å². The van der Waals surface area contributed by atoms with Crippen LogP contribution in [0, 0.1) is 13.8 Å². The highest BCUT2D eigenvalue weighted by molar-refractivity contribution is 9.10. The summed E-state index contributed by atoms with van der Waals surface area (Å²) in [4.78, 5) is 4.64. The van der Waals surface area contributed by atoms with Gasteiger partial charge in [-0.25, -0.2) is 4.98 Å². The molecule has 3 rings (SSSR count). The number of rotatable bonds is 2. The summed E-state index contributed by atoms with van der Waals surface area (Å²) in [5, 5.41) is 0. The number of fused-ring (bicyclic) bond motifs is 1. The summed E-state index contributed by atoms with van der Waals surface area (Å²) in [6.45, 7) is 4.13. The van der Waals surface area contributed by atoms with Gasteiger partial charge in [-0.3, -0.25) is 4.40 Å². The lowest BCUT2D eigenvalue weighted by Gasteiger charge is -2.09. The van der Waals surface area contributed by atoms with E-state index in [0.29, 0.717) is 0 Å². The van der Waals surface area contributed by atoms with Crippen LogP contribution in [-0.4, -0.2) is 16.5 Å². The maximum atomic E-state index is 5.22. The Bertz CT molecular complexity index is 775. The van der Waals surface area contributed by atoms with Gasteiger partial charge in [0.05, 0.1) is 18.5 Å². The first-order valence-electron chi connectivity index (χ1n) is 6.40. The Hall–Kier alpha value is -1.81. The molecule has 0 atom stereocenters. The molecule has 1 aromatic carbocycles. The van der Waals surface area contributed by atoms with Crippen LogP contribution in [0.5, 0.6) is 5.75 Å². The third-order valence-corrected chi connectivity index (χ3v) is 4.34. The maximum Gasteiger partial charge on any atom is 0.137 e. The van der Waals surface area contributed by atoms with E-state index in [9.17, 15) is 0 Å². The van der Waals surface area contributed by atoms with E-state index in [1.807, 2.05) is 31.2 Å². The fraction of sp³-hybridized carbons (Fsp3) is 0.188. The zero-order valence-electron chi connectivity index (χ0n) is 11.6. The Morgan fingerprint density at radius 2 is 1.75 bits per heavy atom. The number of aryl methyl sites for hydroxylation is 2. The predicted octanol–water partition coefficient (Wildman–Crippen LogP) is 4.39. The standard InChI is InChI=1S/C16H15BrN2O/c1-10-16(12-4-6-13(20-3)7-5-12)19-11(2)14(17)8-9-15(19)18-10/h4-9H,1-3H3. The van der Waals surface area contributed by atoms with E-state index in [1.165, 1.54) is 0 Å². The van der Waals surface area contributed by atoms with E-state index in [2.05, 4.69) is 44.4 Å². The van der Waals surface area contributed by atoms with Gasteiger partial charge in [0, 0.05) is 15.7 Å². The van der Waals surface area contributed by atoms with Crippen molar-refractivity contribution in [3.05, 3.63) is 52.3 Å². The summed E-state index contributed by atoms with van der Waals surface area (Å²) in [6, 6.07) is 12.1. The summed E-state index contributed by atoms with van der Waals surface area (Å²) < 4.78 is 8.48. The lowest BCUT2D eigenvalue weighted by molar-refractivity contribution is 0.415. The number of hydrogen-bond donors (Lipinski definition) is 0. The summed E-state index contributed by atoms with van der Waals surface area (Å²) in [7, 11) is 1.68. The van der Waals surface area contributed by atoms with Crippen molar-refractivity contribution in [2.75, 3.05) is 7.11 Å². The molecule has 2 heterocycles. The van der Waals surface area contributed by atoms with E-state index >= 15 is 0 Å². The molecule has 2 aromatic heterocycles. The van der Waals surface area contributed by atoms with Crippen molar-refractivity contribution in [3.8, 4) is 17.0 Å². The van der Waals surface area contributed by atoms with E-state index in [1.54, 1.807) is 7.11 Å². The van der Waals surface area contributed by atoms with Crippen LogP contribution < -0.4 is 4.74 Å². The van der Waals surface area contributed by atoms with Gasteiger partial charge < -0.3 is 4.74 Å². The van der Waals surface area contributed by atoms with Gasteiger partial charge >= 0.3 is 0 Å².